The maximum absolute atomic E-state index is 12.0. The second kappa shape index (κ2) is 5.83. The van der Waals surface area contributed by atoms with Crippen LogP contribution >= 0.6 is 0 Å². The smallest absolute Gasteiger partial charge is 0.254 e. The first kappa shape index (κ1) is 12.8. The Balaban J connectivity index is 1.53. The van der Waals surface area contributed by atoms with E-state index in [1.807, 2.05) is 18.2 Å². The molecule has 1 aliphatic heterocycles. The van der Waals surface area contributed by atoms with E-state index in [0.29, 0.717) is 5.82 Å². The van der Waals surface area contributed by atoms with E-state index in [0.717, 1.165) is 19.3 Å². The van der Waals surface area contributed by atoms with Gasteiger partial charge >= 0.3 is 0 Å². The summed E-state index contributed by atoms with van der Waals surface area (Å²) in [6.45, 7) is 0. The van der Waals surface area contributed by atoms with Gasteiger partial charge in [-0.05, 0) is 24.8 Å². The number of benzene rings is 1. The third-order valence-electron chi connectivity index (χ3n) is 3.37. The number of ether oxygens (including phenoxy) is 1. The number of anilines is 1. The molecule has 20 heavy (non-hydrogen) atoms. The number of rotatable bonds is 4. The summed E-state index contributed by atoms with van der Waals surface area (Å²) in [5, 5.41) is 12.6. The molecule has 2 atom stereocenters. The zero-order valence-corrected chi connectivity index (χ0v) is 11.0. The molecule has 0 aliphatic carbocycles. The standard InChI is InChI=1S/C14H16N4O2/c19-14(16-13-9-15-18-17-13)12-7-6-11(20-12)8-10-4-2-1-3-5-10/h1-5,9,11-12H,6-8H2,(H2,15,16,17,18,19)/t11-,12+/m1/s1. The van der Waals surface area contributed by atoms with Gasteiger partial charge in [0, 0.05) is 0 Å². The maximum Gasteiger partial charge on any atom is 0.254 e. The van der Waals surface area contributed by atoms with E-state index in [-0.39, 0.29) is 12.0 Å². The van der Waals surface area contributed by atoms with Crippen molar-refractivity contribution in [2.45, 2.75) is 31.5 Å². The quantitative estimate of drug-likeness (QED) is 0.884. The van der Waals surface area contributed by atoms with E-state index in [9.17, 15) is 4.79 Å². The van der Waals surface area contributed by atoms with Crippen LogP contribution < -0.4 is 5.32 Å². The van der Waals surface area contributed by atoms with E-state index in [4.69, 9.17) is 4.74 Å². The van der Waals surface area contributed by atoms with Crippen molar-refractivity contribution in [3.8, 4) is 0 Å². The molecular formula is C14H16N4O2. The van der Waals surface area contributed by atoms with Crippen molar-refractivity contribution in [2.75, 3.05) is 5.32 Å². The average Bonchev–Trinajstić information content (AvgIpc) is 3.11. The summed E-state index contributed by atoms with van der Waals surface area (Å²) >= 11 is 0. The van der Waals surface area contributed by atoms with E-state index in [1.165, 1.54) is 11.8 Å². The first-order chi connectivity index (χ1) is 9.81. The third kappa shape index (κ3) is 3.03. The number of amides is 1. The molecule has 2 heterocycles. The summed E-state index contributed by atoms with van der Waals surface area (Å²) < 4.78 is 5.81. The summed E-state index contributed by atoms with van der Waals surface area (Å²) in [6.07, 6.45) is 3.64. The molecule has 6 nitrogen and oxygen atoms in total. The average molecular weight is 272 g/mol. The minimum absolute atomic E-state index is 0.102. The minimum Gasteiger partial charge on any atom is -0.365 e. The van der Waals surface area contributed by atoms with Crippen LogP contribution in [0.1, 0.15) is 18.4 Å². The van der Waals surface area contributed by atoms with Crippen LogP contribution in [0.5, 0.6) is 0 Å². The monoisotopic (exact) mass is 272 g/mol. The third-order valence-corrected chi connectivity index (χ3v) is 3.37. The van der Waals surface area contributed by atoms with E-state index in [1.54, 1.807) is 0 Å². The van der Waals surface area contributed by atoms with Gasteiger partial charge in [-0.3, -0.25) is 4.79 Å². The fraction of sp³-hybridized carbons (Fsp3) is 0.357. The Morgan fingerprint density at radius 1 is 1.35 bits per heavy atom. The molecule has 1 aromatic carbocycles. The van der Waals surface area contributed by atoms with Gasteiger partial charge in [-0.15, -0.1) is 5.10 Å². The lowest BCUT2D eigenvalue weighted by molar-refractivity contribution is -0.126. The number of aromatic amines is 1. The number of hydrogen-bond acceptors (Lipinski definition) is 4. The van der Waals surface area contributed by atoms with E-state index >= 15 is 0 Å². The van der Waals surface area contributed by atoms with Crippen LogP contribution in [0.25, 0.3) is 0 Å². The Morgan fingerprint density at radius 2 is 2.20 bits per heavy atom. The lowest BCUT2D eigenvalue weighted by Gasteiger charge is -2.13. The Kier molecular flexibility index (Phi) is 3.73. The minimum atomic E-state index is -0.402. The molecule has 1 aromatic heterocycles. The van der Waals surface area contributed by atoms with Crippen molar-refractivity contribution >= 4 is 11.7 Å². The summed E-state index contributed by atoms with van der Waals surface area (Å²) in [4.78, 5) is 12.0. The van der Waals surface area contributed by atoms with Crippen molar-refractivity contribution < 1.29 is 9.53 Å². The van der Waals surface area contributed by atoms with Gasteiger partial charge < -0.3 is 10.1 Å². The van der Waals surface area contributed by atoms with E-state index in [2.05, 4.69) is 32.9 Å². The number of hydrogen-bond donors (Lipinski definition) is 2. The highest BCUT2D eigenvalue weighted by Crippen LogP contribution is 2.23. The number of carbonyl (C=O) groups is 1. The van der Waals surface area contributed by atoms with Crippen LogP contribution in [-0.4, -0.2) is 33.5 Å². The fourth-order valence-corrected chi connectivity index (χ4v) is 2.39. The molecule has 0 unspecified atom stereocenters. The highest BCUT2D eigenvalue weighted by molar-refractivity contribution is 5.93. The number of nitrogens with zero attached hydrogens (tertiary/aromatic N) is 2. The Morgan fingerprint density at radius 3 is 2.95 bits per heavy atom. The molecule has 0 saturated carbocycles. The number of nitrogens with one attached hydrogen (secondary N) is 2. The molecule has 2 N–H and O–H groups in total. The first-order valence-corrected chi connectivity index (χ1v) is 6.67. The summed E-state index contributed by atoms with van der Waals surface area (Å²) in [7, 11) is 0. The van der Waals surface area contributed by atoms with Crippen molar-refractivity contribution in [3.63, 3.8) is 0 Å². The second-order valence-corrected chi connectivity index (χ2v) is 4.86. The molecular weight excluding hydrogens is 256 g/mol. The van der Waals surface area contributed by atoms with Crippen LogP contribution in [0.2, 0.25) is 0 Å². The number of aromatic nitrogens is 3. The van der Waals surface area contributed by atoms with Crippen molar-refractivity contribution in [2.24, 2.45) is 0 Å². The molecule has 0 spiro atoms. The number of carbonyl (C=O) groups excluding carboxylic acids is 1. The van der Waals surface area contributed by atoms with Gasteiger partial charge in [0.25, 0.3) is 5.91 Å². The topological polar surface area (TPSA) is 79.9 Å². The molecule has 1 saturated heterocycles. The van der Waals surface area contributed by atoms with Crippen LogP contribution in [0.15, 0.2) is 36.5 Å². The van der Waals surface area contributed by atoms with Gasteiger partial charge in [0.15, 0.2) is 5.82 Å². The van der Waals surface area contributed by atoms with Gasteiger partial charge in [0.1, 0.15) is 6.10 Å². The lowest BCUT2D eigenvalue weighted by Crippen LogP contribution is -2.28. The fourth-order valence-electron chi connectivity index (χ4n) is 2.39. The van der Waals surface area contributed by atoms with Gasteiger partial charge in [-0.1, -0.05) is 30.3 Å². The van der Waals surface area contributed by atoms with Crippen LogP contribution in [0, 0.1) is 0 Å². The maximum atomic E-state index is 12.0. The zero-order chi connectivity index (χ0) is 13.8. The Bertz CT molecular complexity index is 556. The van der Waals surface area contributed by atoms with Crippen LogP contribution in [0.4, 0.5) is 5.82 Å². The largest absolute Gasteiger partial charge is 0.365 e. The highest BCUT2D eigenvalue weighted by Gasteiger charge is 2.30. The van der Waals surface area contributed by atoms with Crippen molar-refractivity contribution in [1.29, 1.82) is 0 Å². The highest BCUT2D eigenvalue weighted by atomic mass is 16.5. The lowest BCUT2D eigenvalue weighted by atomic mass is 10.1. The SMILES string of the molecule is O=C(Nc1cn[nH]n1)[C@@H]1CC[C@H](Cc2ccccc2)O1. The molecule has 2 aromatic rings. The summed E-state index contributed by atoms with van der Waals surface area (Å²) in [5.41, 5.74) is 1.23. The molecule has 1 aliphatic rings. The van der Waals surface area contributed by atoms with Crippen molar-refractivity contribution in [1.82, 2.24) is 15.4 Å². The molecule has 3 rings (SSSR count). The molecule has 104 valence electrons. The molecule has 0 bridgehead atoms. The second-order valence-electron chi connectivity index (χ2n) is 4.86. The van der Waals surface area contributed by atoms with E-state index < -0.39 is 6.10 Å². The van der Waals surface area contributed by atoms with Gasteiger partial charge in [0.2, 0.25) is 0 Å². The van der Waals surface area contributed by atoms with Gasteiger partial charge in [-0.25, -0.2) is 0 Å². The normalized spacial score (nSPS) is 21.8. The molecule has 1 amide bonds. The van der Waals surface area contributed by atoms with Crippen molar-refractivity contribution in [3.05, 3.63) is 42.1 Å². The zero-order valence-electron chi connectivity index (χ0n) is 11.0. The summed E-state index contributed by atoms with van der Waals surface area (Å²) in [6, 6.07) is 10.2. The Labute approximate surface area is 116 Å². The number of H-pyrrole nitrogens is 1. The van der Waals surface area contributed by atoms with Crippen LogP contribution in [-0.2, 0) is 16.0 Å². The molecule has 6 heteroatoms. The Hall–Kier alpha value is -2.21. The molecule has 1 fully saturated rings. The molecule has 0 radical (unpaired) electrons. The summed E-state index contributed by atoms with van der Waals surface area (Å²) in [5.74, 6) is 0.263. The van der Waals surface area contributed by atoms with Gasteiger partial charge in [0.05, 0.1) is 12.3 Å². The predicted molar refractivity (Wildman–Crippen MR) is 73.1 cm³/mol. The van der Waals surface area contributed by atoms with Crippen LogP contribution in [0.3, 0.4) is 0 Å². The predicted octanol–water partition coefficient (Wildman–Crippen LogP) is 1.53. The first-order valence-electron chi connectivity index (χ1n) is 6.67. The van der Waals surface area contributed by atoms with Gasteiger partial charge in [-0.2, -0.15) is 10.3 Å².